The fourth-order valence-electron chi connectivity index (χ4n) is 2.53. The van der Waals surface area contributed by atoms with E-state index in [0.717, 1.165) is 17.7 Å². The Morgan fingerprint density at radius 2 is 1.92 bits per heavy atom. The fraction of sp³-hybridized carbons (Fsp3) is 0.150. The van der Waals surface area contributed by atoms with E-state index in [0.29, 0.717) is 23.7 Å². The van der Waals surface area contributed by atoms with Crippen molar-refractivity contribution in [2.75, 3.05) is 19.0 Å². The van der Waals surface area contributed by atoms with Crippen molar-refractivity contribution >= 4 is 17.4 Å². The zero-order valence-corrected chi connectivity index (χ0v) is 14.5. The van der Waals surface area contributed by atoms with Crippen LogP contribution in [0, 0.1) is 0 Å². The first-order chi connectivity index (χ1) is 12.8. The van der Waals surface area contributed by atoms with Crippen LogP contribution in [-0.4, -0.2) is 29.5 Å². The number of ether oxygens (including phenoxy) is 1. The number of para-hydroxylation sites is 2. The molecule has 0 bridgehead atoms. The monoisotopic (exact) mass is 348 g/mol. The Morgan fingerprint density at radius 3 is 2.73 bits per heavy atom. The summed E-state index contributed by atoms with van der Waals surface area (Å²) < 4.78 is 5.34. The van der Waals surface area contributed by atoms with Gasteiger partial charge in [0.15, 0.2) is 0 Å². The smallest absolute Gasteiger partial charge is 0.255 e. The van der Waals surface area contributed by atoms with Gasteiger partial charge in [-0.05, 0) is 42.3 Å². The Labute approximate surface area is 152 Å². The average Bonchev–Trinajstić information content (AvgIpc) is 2.69. The number of methoxy groups -OCH3 is 1. The van der Waals surface area contributed by atoms with Crippen LogP contribution in [0.25, 0.3) is 0 Å². The molecule has 2 aromatic heterocycles. The summed E-state index contributed by atoms with van der Waals surface area (Å²) >= 11 is 0. The Bertz CT molecular complexity index is 868. The summed E-state index contributed by atoms with van der Waals surface area (Å²) in [5.74, 6) is 0.983. The maximum atomic E-state index is 12.6. The second-order valence-corrected chi connectivity index (χ2v) is 5.59. The van der Waals surface area contributed by atoms with Crippen molar-refractivity contribution in [2.45, 2.75) is 6.42 Å². The molecule has 0 saturated heterocycles. The summed E-state index contributed by atoms with van der Waals surface area (Å²) in [7, 11) is 1.60. The molecule has 3 aromatic rings. The molecule has 0 unspecified atom stereocenters. The largest absolute Gasteiger partial charge is 0.495 e. The van der Waals surface area contributed by atoms with E-state index < -0.39 is 0 Å². The van der Waals surface area contributed by atoms with Gasteiger partial charge in [-0.3, -0.25) is 9.78 Å². The summed E-state index contributed by atoms with van der Waals surface area (Å²) in [6.07, 6.45) is 5.89. The molecule has 0 spiro atoms. The quantitative estimate of drug-likeness (QED) is 0.686. The fourth-order valence-corrected chi connectivity index (χ4v) is 2.53. The first-order valence-electron chi connectivity index (χ1n) is 8.30. The number of nitrogens with one attached hydrogen (secondary N) is 2. The molecule has 1 aromatic carbocycles. The van der Waals surface area contributed by atoms with Gasteiger partial charge in [-0.1, -0.05) is 18.2 Å². The van der Waals surface area contributed by atoms with Crippen molar-refractivity contribution in [3.63, 3.8) is 0 Å². The number of benzene rings is 1. The second kappa shape index (κ2) is 8.62. The van der Waals surface area contributed by atoms with Crippen LogP contribution in [0.5, 0.6) is 5.75 Å². The lowest BCUT2D eigenvalue weighted by molar-refractivity contribution is 0.0954. The van der Waals surface area contributed by atoms with Crippen LogP contribution in [0.1, 0.15) is 15.9 Å². The number of amides is 1. The van der Waals surface area contributed by atoms with Crippen LogP contribution in [0.3, 0.4) is 0 Å². The molecule has 0 aliphatic rings. The zero-order valence-electron chi connectivity index (χ0n) is 14.5. The van der Waals surface area contributed by atoms with E-state index in [9.17, 15) is 4.79 Å². The summed E-state index contributed by atoms with van der Waals surface area (Å²) in [6, 6.07) is 14.8. The van der Waals surface area contributed by atoms with Crippen molar-refractivity contribution < 1.29 is 9.53 Å². The molecule has 0 saturated carbocycles. The Balaban J connectivity index is 1.69. The third kappa shape index (κ3) is 4.36. The third-order valence-corrected chi connectivity index (χ3v) is 3.83. The summed E-state index contributed by atoms with van der Waals surface area (Å²) in [6.45, 7) is 0.521. The molecule has 2 heterocycles. The highest BCUT2D eigenvalue weighted by atomic mass is 16.5. The SMILES string of the molecule is COc1ccccc1Nc1ncccc1C(=O)NCCc1cccnc1. The maximum Gasteiger partial charge on any atom is 0.255 e. The van der Waals surface area contributed by atoms with Crippen LogP contribution in [0.2, 0.25) is 0 Å². The third-order valence-electron chi connectivity index (χ3n) is 3.83. The van der Waals surface area contributed by atoms with E-state index in [1.807, 2.05) is 36.4 Å². The van der Waals surface area contributed by atoms with E-state index in [4.69, 9.17) is 4.74 Å². The molecule has 6 heteroatoms. The van der Waals surface area contributed by atoms with Gasteiger partial charge in [0.25, 0.3) is 5.91 Å². The molecule has 2 N–H and O–H groups in total. The van der Waals surface area contributed by atoms with Gasteiger partial charge in [-0.2, -0.15) is 0 Å². The van der Waals surface area contributed by atoms with Gasteiger partial charge in [0.1, 0.15) is 11.6 Å². The van der Waals surface area contributed by atoms with E-state index >= 15 is 0 Å². The predicted molar refractivity (Wildman–Crippen MR) is 101 cm³/mol. The highest BCUT2D eigenvalue weighted by molar-refractivity contribution is 5.99. The first kappa shape index (κ1) is 17.4. The van der Waals surface area contributed by atoms with E-state index in [-0.39, 0.29) is 5.91 Å². The lowest BCUT2D eigenvalue weighted by Gasteiger charge is -2.13. The number of aromatic nitrogens is 2. The molecule has 3 rings (SSSR count). The molecule has 0 aliphatic carbocycles. The number of pyridine rings is 2. The van der Waals surface area contributed by atoms with Gasteiger partial charge >= 0.3 is 0 Å². The summed E-state index contributed by atoms with van der Waals surface area (Å²) in [5, 5.41) is 6.10. The maximum absolute atomic E-state index is 12.6. The van der Waals surface area contributed by atoms with Crippen molar-refractivity contribution in [1.82, 2.24) is 15.3 Å². The summed E-state index contributed by atoms with van der Waals surface area (Å²) in [4.78, 5) is 20.9. The topological polar surface area (TPSA) is 76.1 Å². The normalized spacial score (nSPS) is 10.2. The highest BCUT2D eigenvalue weighted by Crippen LogP contribution is 2.27. The molecule has 0 fully saturated rings. The number of carbonyl (C=O) groups excluding carboxylic acids is 1. The van der Waals surface area contributed by atoms with E-state index in [1.54, 1.807) is 37.8 Å². The number of hydrogen-bond acceptors (Lipinski definition) is 5. The molecule has 0 radical (unpaired) electrons. The standard InChI is InChI=1S/C20H20N4O2/c1-26-18-9-3-2-8-17(18)24-19-16(7-5-12-22-19)20(25)23-13-10-15-6-4-11-21-14-15/h2-9,11-12,14H,10,13H2,1H3,(H,22,24)(H,23,25). The van der Waals surface area contributed by atoms with Crippen molar-refractivity contribution in [3.8, 4) is 5.75 Å². The molecule has 132 valence electrons. The number of hydrogen-bond donors (Lipinski definition) is 2. The van der Waals surface area contributed by atoms with Gasteiger partial charge in [-0.25, -0.2) is 4.98 Å². The lowest BCUT2D eigenvalue weighted by atomic mass is 10.2. The number of carbonyl (C=O) groups is 1. The van der Waals surface area contributed by atoms with Crippen LogP contribution < -0.4 is 15.4 Å². The van der Waals surface area contributed by atoms with Gasteiger partial charge in [0, 0.05) is 25.1 Å². The Hall–Kier alpha value is -3.41. The summed E-state index contributed by atoms with van der Waals surface area (Å²) in [5.41, 5.74) is 2.30. The first-order valence-corrected chi connectivity index (χ1v) is 8.30. The van der Waals surface area contributed by atoms with Crippen molar-refractivity contribution in [1.29, 1.82) is 0 Å². The Morgan fingerprint density at radius 1 is 1.08 bits per heavy atom. The molecule has 26 heavy (non-hydrogen) atoms. The Kier molecular flexibility index (Phi) is 5.77. The zero-order chi connectivity index (χ0) is 18.2. The van der Waals surface area contributed by atoms with Gasteiger partial charge in [-0.15, -0.1) is 0 Å². The van der Waals surface area contributed by atoms with E-state index in [2.05, 4.69) is 20.6 Å². The van der Waals surface area contributed by atoms with Crippen molar-refractivity contribution in [2.24, 2.45) is 0 Å². The molecule has 0 atom stereocenters. The predicted octanol–water partition coefficient (Wildman–Crippen LogP) is 3.20. The molecular weight excluding hydrogens is 328 g/mol. The van der Waals surface area contributed by atoms with Crippen LogP contribution >= 0.6 is 0 Å². The molecular formula is C20H20N4O2. The van der Waals surface area contributed by atoms with E-state index in [1.165, 1.54) is 0 Å². The van der Waals surface area contributed by atoms with Crippen molar-refractivity contribution in [3.05, 3.63) is 78.2 Å². The number of anilines is 2. The van der Waals surface area contributed by atoms with Crippen LogP contribution in [-0.2, 0) is 6.42 Å². The molecule has 6 nitrogen and oxygen atoms in total. The second-order valence-electron chi connectivity index (χ2n) is 5.59. The van der Waals surface area contributed by atoms with Crippen LogP contribution in [0.15, 0.2) is 67.1 Å². The lowest BCUT2D eigenvalue weighted by Crippen LogP contribution is -2.26. The number of nitrogens with zero attached hydrogens (tertiary/aromatic N) is 2. The minimum atomic E-state index is -0.181. The number of rotatable bonds is 7. The van der Waals surface area contributed by atoms with Crippen LogP contribution in [0.4, 0.5) is 11.5 Å². The van der Waals surface area contributed by atoms with Gasteiger partial charge in [0.05, 0.1) is 18.4 Å². The minimum absolute atomic E-state index is 0.181. The van der Waals surface area contributed by atoms with Gasteiger partial charge < -0.3 is 15.4 Å². The molecule has 1 amide bonds. The van der Waals surface area contributed by atoms with Gasteiger partial charge in [0.2, 0.25) is 0 Å². The minimum Gasteiger partial charge on any atom is -0.495 e. The highest BCUT2D eigenvalue weighted by Gasteiger charge is 2.13. The molecule has 0 aliphatic heterocycles. The average molecular weight is 348 g/mol.